The first-order valence-electron chi connectivity index (χ1n) is 10.3. The Labute approximate surface area is 173 Å². The van der Waals surface area contributed by atoms with E-state index in [1.807, 2.05) is 45.2 Å². The first-order valence-corrected chi connectivity index (χ1v) is 10.3. The van der Waals surface area contributed by atoms with E-state index in [0.29, 0.717) is 6.61 Å². The summed E-state index contributed by atoms with van der Waals surface area (Å²) in [5.74, 6) is 0.896. The van der Waals surface area contributed by atoms with Crippen LogP contribution >= 0.6 is 0 Å². The van der Waals surface area contributed by atoms with E-state index >= 15 is 0 Å². The molecule has 0 aliphatic carbocycles. The van der Waals surface area contributed by atoms with Crippen LogP contribution in [-0.2, 0) is 16.1 Å². The van der Waals surface area contributed by atoms with Gasteiger partial charge in [0, 0.05) is 30.0 Å². The van der Waals surface area contributed by atoms with E-state index < -0.39 is 0 Å². The summed E-state index contributed by atoms with van der Waals surface area (Å²) in [6.07, 6.45) is 0. The number of benzene rings is 2. The van der Waals surface area contributed by atoms with Crippen molar-refractivity contribution in [3.8, 4) is 5.75 Å². The summed E-state index contributed by atoms with van der Waals surface area (Å²) >= 11 is 0. The van der Waals surface area contributed by atoms with Crippen LogP contribution in [0.3, 0.4) is 0 Å². The van der Waals surface area contributed by atoms with Crippen molar-refractivity contribution in [1.82, 2.24) is 0 Å². The van der Waals surface area contributed by atoms with Gasteiger partial charge in [-0.3, -0.25) is 4.79 Å². The number of carbonyl (C=O) groups excluding carboxylic acids is 1. The summed E-state index contributed by atoms with van der Waals surface area (Å²) in [6.45, 7) is 8.71. The van der Waals surface area contributed by atoms with Crippen LogP contribution < -0.4 is 19.9 Å². The molecule has 0 saturated carbocycles. The zero-order valence-electron chi connectivity index (χ0n) is 17.6. The Balaban J connectivity index is 1.52. The maximum absolute atomic E-state index is 12.7. The molecule has 0 radical (unpaired) electrons. The van der Waals surface area contributed by atoms with E-state index in [4.69, 9.17) is 9.47 Å². The lowest BCUT2D eigenvalue weighted by atomic mass is 10.1. The predicted octanol–water partition coefficient (Wildman–Crippen LogP) is 1.96. The van der Waals surface area contributed by atoms with Crippen molar-refractivity contribution in [1.29, 1.82) is 0 Å². The van der Waals surface area contributed by atoms with E-state index in [1.54, 1.807) is 0 Å². The van der Waals surface area contributed by atoms with Crippen molar-refractivity contribution in [3.63, 3.8) is 0 Å². The molecule has 0 bridgehead atoms. The fourth-order valence-corrected chi connectivity index (χ4v) is 3.40. The largest absolute Gasteiger partial charge is 0.494 e. The zero-order valence-corrected chi connectivity index (χ0v) is 17.6. The van der Waals surface area contributed by atoms with Gasteiger partial charge in [0.1, 0.15) is 12.3 Å². The van der Waals surface area contributed by atoms with Crippen LogP contribution in [0.1, 0.15) is 19.4 Å². The van der Waals surface area contributed by atoms with Gasteiger partial charge in [-0.1, -0.05) is 0 Å². The van der Waals surface area contributed by atoms with E-state index in [2.05, 4.69) is 34.5 Å². The van der Waals surface area contributed by atoms with Gasteiger partial charge in [0.2, 0.25) is 0 Å². The summed E-state index contributed by atoms with van der Waals surface area (Å²) in [7, 11) is 2.04. The van der Waals surface area contributed by atoms with Gasteiger partial charge in [-0.15, -0.1) is 0 Å². The van der Waals surface area contributed by atoms with Crippen LogP contribution in [0, 0.1) is 0 Å². The predicted molar refractivity (Wildman–Crippen MR) is 116 cm³/mol. The minimum atomic E-state index is -0.166. The molecule has 156 valence electrons. The molecule has 1 unspecified atom stereocenters. The second-order valence-electron chi connectivity index (χ2n) is 7.46. The van der Waals surface area contributed by atoms with Crippen molar-refractivity contribution in [2.45, 2.75) is 26.4 Å². The number of nitrogens with one attached hydrogen (secondary N) is 2. The van der Waals surface area contributed by atoms with Crippen LogP contribution in [0.5, 0.6) is 5.75 Å². The Hall–Kier alpha value is -2.57. The third-order valence-corrected chi connectivity index (χ3v) is 5.36. The van der Waals surface area contributed by atoms with Crippen LogP contribution in [-0.4, -0.2) is 51.9 Å². The van der Waals surface area contributed by atoms with Crippen LogP contribution in [0.25, 0.3) is 0 Å². The normalized spacial score (nSPS) is 16.2. The molecule has 1 amide bonds. The molecule has 1 saturated heterocycles. The first-order chi connectivity index (χ1) is 14.1. The molecular formula is C23H32N3O3+. The van der Waals surface area contributed by atoms with E-state index in [-0.39, 0.29) is 11.9 Å². The van der Waals surface area contributed by atoms with E-state index in [9.17, 15) is 4.79 Å². The lowest BCUT2D eigenvalue weighted by molar-refractivity contribution is -0.907. The minimum Gasteiger partial charge on any atom is -0.494 e. The molecule has 3 rings (SSSR count). The second-order valence-corrected chi connectivity index (χ2v) is 7.46. The first kappa shape index (κ1) is 21.1. The highest BCUT2D eigenvalue weighted by Crippen LogP contribution is 2.19. The monoisotopic (exact) mass is 398 g/mol. The van der Waals surface area contributed by atoms with Gasteiger partial charge in [0.15, 0.2) is 6.04 Å². The molecule has 2 aromatic carbocycles. The number of ether oxygens (including phenoxy) is 2. The Bertz CT molecular complexity index is 771. The Morgan fingerprint density at radius 3 is 2.41 bits per heavy atom. The Kier molecular flexibility index (Phi) is 7.49. The number of nitrogens with zero attached hydrogens (tertiary/aromatic N) is 1. The van der Waals surface area contributed by atoms with Crippen molar-refractivity contribution in [2.24, 2.45) is 0 Å². The highest BCUT2D eigenvalue weighted by Gasteiger charge is 2.22. The highest BCUT2D eigenvalue weighted by molar-refractivity contribution is 5.93. The van der Waals surface area contributed by atoms with Gasteiger partial charge in [-0.25, -0.2) is 0 Å². The number of hydrogen-bond donors (Lipinski definition) is 2. The fraction of sp³-hybridized carbons (Fsp3) is 0.435. The van der Waals surface area contributed by atoms with Crippen LogP contribution in [0.2, 0.25) is 0 Å². The van der Waals surface area contributed by atoms with Gasteiger partial charge in [0.05, 0.1) is 26.9 Å². The van der Waals surface area contributed by atoms with Gasteiger partial charge in [-0.05, 0) is 62.4 Å². The highest BCUT2D eigenvalue weighted by atomic mass is 16.5. The van der Waals surface area contributed by atoms with Crippen molar-refractivity contribution in [2.75, 3.05) is 50.2 Å². The molecule has 0 aromatic heterocycles. The Morgan fingerprint density at radius 2 is 1.79 bits per heavy atom. The molecule has 1 heterocycles. The lowest BCUT2D eigenvalue weighted by Gasteiger charge is -2.29. The summed E-state index contributed by atoms with van der Waals surface area (Å²) in [6, 6.07) is 16.0. The molecule has 2 aromatic rings. The molecular weight excluding hydrogens is 366 g/mol. The number of morpholine rings is 1. The SMILES string of the molecule is CCOc1ccc(C[NH+](C)[C@@H](C)C(=O)Nc2ccc(N3CCOCC3)cc2)cc1. The minimum absolute atomic E-state index is 0.0209. The number of likely N-dealkylation sites (N-methyl/N-ethyl adjacent to an activating group) is 1. The maximum Gasteiger partial charge on any atom is 0.282 e. The third kappa shape index (κ3) is 5.95. The molecule has 2 atom stereocenters. The number of rotatable bonds is 8. The van der Waals surface area contributed by atoms with E-state index in [0.717, 1.165) is 54.9 Å². The van der Waals surface area contributed by atoms with Gasteiger partial charge < -0.3 is 24.6 Å². The summed E-state index contributed by atoms with van der Waals surface area (Å²) in [5.41, 5.74) is 3.17. The number of quaternary nitrogens is 1. The molecule has 6 heteroatoms. The Morgan fingerprint density at radius 1 is 1.14 bits per heavy atom. The standard InChI is InChI=1S/C23H31N3O3/c1-4-29-22-11-5-19(6-12-22)17-25(3)18(2)23(27)24-20-7-9-21(10-8-20)26-13-15-28-16-14-26/h5-12,18H,4,13-17H2,1-3H3,(H,24,27)/p+1/t18-/m0/s1. The third-order valence-electron chi connectivity index (χ3n) is 5.36. The summed E-state index contributed by atoms with van der Waals surface area (Å²) < 4.78 is 10.9. The average molecular weight is 399 g/mol. The number of anilines is 2. The molecule has 2 N–H and O–H groups in total. The van der Waals surface area contributed by atoms with Gasteiger partial charge in [-0.2, -0.15) is 0 Å². The van der Waals surface area contributed by atoms with Gasteiger partial charge in [0.25, 0.3) is 5.91 Å². The zero-order chi connectivity index (χ0) is 20.6. The molecule has 1 aliphatic heterocycles. The van der Waals surface area contributed by atoms with E-state index in [1.165, 1.54) is 5.56 Å². The van der Waals surface area contributed by atoms with Crippen molar-refractivity contribution in [3.05, 3.63) is 54.1 Å². The second kappa shape index (κ2) is 10.3. The van der Waals surface area contributed by atoms with Crippen molar-refractivity contribution < 1.29 is 19.2 Å². The fourth-order valence-electron chi connectivity index (χ4n) is 3.40. The topological polar surface area (TPSA) is 55.2 Å². The smallest absolute Gasteiger partial charge is 0.282 e. The van der Waals surface area contributed by atoms with Crippen LogP contribution in [0.15, 0.2) is 48.5 Å². The van der Waals surface area contributed by atoms with Crippen LogP contribution in [0.4, 0.5) is 11.4 Å². The number of hydrogen-bond acceptors (Lipinski definition) is 4. The molecule has 1 aliphatic rings. The molecule has 29 heavy (non-hydrogen) atoms. The number of amides is 1. The lowest BCUT2D eigenvalue weighted by Crippen LogP contribution is -3.12. The summed E-state index contributed by atoms with van der Waals surface area (Å²) in [4.78, 5) is 16.1. The number of carbonyl (C=O) groups is 1. The molecule has 6 nitrogen and oxygen atoms in total. The van der Waals surface area contributed by atoms with Gasteiger partial charge >= 0.3 is 0 Å². The van der Waals surface area contributed by atoms with Crippen molar-refractivity contribution >= 4 is 17.3 Å². The molecule has 1 fully saturated rings. The quantitative estimate of drug-likeness (QED) is 0.714. The maximum atomic E-state index is 12.7. The summed E-state index contributed by atoms with van der Waals surface area (Å²) in [5, 5.41) is 3.04. The molecule has 0 spiro atoms. The average Bonchev–Trinajstić information content (AvgIpc) is 2.76.